The Balaban J connectivity index is 2.59. The summed E-state index contributed by atoms with van der Waals surface area (Å²) in [5.41, 5.74) is 1.53. The molecule has 0 radical (unpaired) electrons. The highest BCUT2D eigenvalue weighted by Gasteiger charge is 2.07. The molecule has 3 nitrogen and oxygen atoms in total. The van der Waals surface area contributed by atoms with Gasteiger partial charge < -0.3 is 4.42 Å². The molecule has 0 atom stereocenters. The quantitative estimate of drug-likeness (QED) is 0.785. The van der Waals surface area contributed by atoms with Crippen molar-refractivity contribution in [1.82, 2.24) is 4.98 Å². The van der Waals surface area contributed by atoms with E-state index in [1.165, 1.54) is 0 Å². The van der Waals surface area contributed by atoms with Gasteiger partial charge in [0.15, 0.2) is 0 Å². The molecule has 0 amide bonds. The molecule has 1 aromatic heterocycles. The minimum absolute atomic E-state index is 0.447. The summed E-state index contributed by atoms with van der Waals surface area (Å²) in [6.45, 7) is 1.73. The minimum atomic E-state index is -0.447. The summed E-state index contributed by atoms with van der Waals surface area (Å²) < 4.78 is 4.85. The molecule has 1 heterocycles. The second kappa shape index (κ2) is 3.35. The Labute approximate surface area is 85.3 Å². The van der Waals surface area contributed by atoms with E-state index in [9.17, 15) is 4.79 Å². The number of aromatic amines is 1. The van der Waals surface area contributed by atoms with Gasteiger partial charge >= 0.3 is 5.76 Å². The summed E-state index contributed by atoms with van der Waals surface area (Å²) in [5.74, 6) is 0.120. The van der Waals surface area contributed by atoms with Gasteiger partial charge in [-0.25, -0.2) is 4.79 Å². The maximum absolute atomic E-state index is 10.9. The topological polar surface area (TPSA) is 46.0 Å². The van der Waals surface area contributed by atoms with Crippen LogP contribution in [0.3, 0.4) is 0 Å². The van der Waals surface area contributed by atoms with Crippen molar-refractivity contribution in [2.75, 3.05) is 0 Å². The maximum atomic E-state index is 10.9. The Morgan fingerprint density at radius 3 is 2.79 bits per heavy atom. The van der Waals surface area contributed by atoms with E-state index in [0.717, 1.165) is 5.56 Å². The average molecular weight is 210 g/mol. The number of aryl methyl sites for hydroxylation is 1. The largest absolute Gasteiger partial charge is 0.416 e. The highest BCUT2D eigenvalue weighted by molar-refractivity contribution is 6.30. The molecule has 0 spiro atoms. The van der Waals surface area contributed by atoms with E-state index in [2.05, 4.69) is 4.98 Å². The van der Waals surface area contributed by atoms with E-state index >= 15 is 0 Å². The smallest absolute Gasteiger partial charge is 0.413 e. The molecular formula is C10H8ClNO2. The van der Waals surface area contributed by atoms with Gasteiger partial charge in [-0.2, -0.15) is 0 Å². The van der Waals surface area contributed by atoms with Crippen molar-refractivity contribution in [1.29, 1.82) is 0 Å². The molecule has 0 aliphatic carbocycles. The van der Waals surface area contributed by atoms with Crippen LogP contribution in [0.15, 0.2) is 33.5 Å². The van der Waals surface area contributed by atoms with Gasteiger partial charge in [-0.05, 0) is 19.1 Å². The van der Waals surface area contributed by atoms with E-state index in [1.54, 1.807) is 19.1 Å². The van der Waals surface area contributed by atoms with Crippen molar-refractivity contribution in [2.45, 2.75) is 6.92 Å². The third-order valence-corrected chi connectivity index (χ3v) is 2.17. The molecule has 0 bridgehead atoms. The van der Waals surface area contributed by atoms with Crippen LogP contribution >= 0.6 is 11.6 Å². The fraction of sp³-hybridized carbons (Fsp3) is 0.100. The lowest BCUT2D eigenvalue weighted by molar-refractivity contribution is 0.488. The normalized spacial score (nSPS) is 10.4. The molecule has 14 heavy (non-hydrogen) atoms. The Bertz CT molecular complexity index is 513. The van der Waals surface area contributed by atoms with Crippen molar-refractivity contribution in [2.24, 2.45) is 0 Å². The number of oxazole rings is 1. The Morgan fingerprint density at radius 2 is 2.21 bits per heavy atom. The highest BCUT2D eigenvalue weighted by Crippen LogP contribution is 2.22. The Hall–Kier alpha value is -1.48. The molecule has 2 aromatic rings. The number of hydrogen-bond donors (Lipinski definition) is 1. The second-order valence-electron chi connectivity index (χ2n) is 2.96. The lowest BCUT2D eigenvalue weighted by Gasteiger charge is -1.97. The number of halogens is 1. The predicted octanol–water partition coefficient (Wildman–Crippen LogP) is 2.60. The summed E-state index contributed by atoms with van der Waals surface area (Å²) in [4.78, 5) is 13.5. The van der Waals surface area contributed by atoms with Crippen LogP contribution in [-0.4, -0.2) is 4.98 Å². The fourth-order valence-corrected chi connectivity index (χ4v) is 1.52. The number of benzene rings is 1. The van der Waals surface area contributed by atoms with Crippen molar-refractivity contribution in [3.63, 3.8) is 0 Å². The van der Waals surface area contributed by atoms with Gasteiger partial charge in [0, 0.05) is 10.6 Å². The summed E-state index contributed by atoms with van der Waals surface area (Å²) in [5, 5.41) is 0.629. The SMILES string of the molecule is Cc1oc(=O)[nH]c1-c1cccc(Cl)c1. The van der Waals surface area contributed by atoms with Gasteiger partial charge in [-0.1, -0.05) is 23.7 Å². The molecular weight excluding hydrogens is 202 g/mol. The van der Waals surface area contributed by atoms with Gasteiger partial charge in [-0.3, -0.25) is 4.98 Å². The van der Waals surface area contributed by atoms with Gasteiger partial charge in [0.2, 0.25) is 0 Å². The molecule has 1 aromatic carbocycles. The zero-order chi connectivity index (χ0) is 10.1. The molecule has 0 saturated carbocycles. The number of rotatable bonds is 1. The molecule has 0 aliphatic heterocycles. The lowest BCUT2D eigenvalue weighted by atomic mass is 10.1. The van der Waals surface area contributed by atoms with Gasteiger partial charge in [0.05, 0.1) is 5.69 Å². The highest BCUT2D eigenvalue weighted by atomic mass is 35.5. The fourth-order valence-electron chi connectivity index (χ4n) is 1.33. The summed E-state index contributed by atoms with van der Waals surface area (Å²) in [6.07, 6.45) is 0. The predicted molar refractivity (Wildman–Crippen MR) is 54.5 cm³/mol. The van der Waals surface area contributed by atoms with Crippen LogP contribution in [0.1, 0.15) is 5.76 Å². The van der Waals surface area contributed by atoms with Crippen LogP contribution < -0.4 is 5.76 Å². The van der Waals surface area contributed by atoms with Crippen LogP contribution in [0.4, 0.5) is 0 Å². The first-order valence-corrected chi connectivity index (χ1v) is 4.50. The Morgan fingerprint density at radius 1 is 1.43 bits per heavy atom. The van der Waals surface area contributed by atoms with Gasteiger partial charge in [-0.15, -0.1) is 0 Å². The third-order valence-electron chi connectivity index (χ3n) is 1.94. The second-order valence-corrected chi connectivity index (χ2v) is 3.39. The first kappa shape index (κ1) is 9.09. The van der Waals surface area contributed by atoms with Gasteiger partial charge in [0.1, 0.15) is 5.76 Å². The standard InChI is InChI=1S/C10H8ClNO2/c1-6-9(12-10(13)14-6)7-3-2-4-8(11)5-7/h2-5H,1H3,(H,12,13). The van der Waals surface area contributed by atoms with E-state index in [0.29, 0.717) is 16.5 Å². The first-order valence-electron chi connectivity index (χ1n) is 4.12. The van der Waals surface area contributed by atoms with E-state index in [-0.39, 0.29) is 0 Å². The van der Waals surface area contributed by atoms with E-state index < -0.39 is 5.76 Å². The third kappa shape index (κ3) is 1.59. The van der Waals surface area contributed by atoms with E-state index in [1.807, 2.05) is 12.1 Å². The summed E-state index contributed by atoms with van der Waals surface area (Å²) in [7, 11) is 0. The molecule has 0 saturated heterocycles. The van der Waals surface area contributed by atoms with Crippen LogP contribution in [0.25, 0.3) is 11.3 Å². The van der Waals surface area contributed by atoms with Gasteiger partial charge in [0.25, 0.3) is 0 Å². The number of aromatic nitrogens is 1. The lowest BCUT2D eigenvalue weighted by Crippen LogP contribution is -1.94. The number of H-pyrrole nitrogens is 1. The molecule has 4 heteroatoms. The van der Waals surface area contributed by atoms with Crippen LogP contribution in [0.2, 0.25) is 5.02 Å². The Kier molecular flexibility index (Phi) is 2.17. The van der Waals surface area contributed by atoms with Crippen molar-refractivity contribution >= 4 is 11.6 Å². The summed E-state index contributed by atoms with van der Waals surface area (Å²) in [6, 6.07) is 7.23. The van der Waals surface area contributed by atoms with Crippen LogP contribution in [0.5, 0.6) is 0 Å². The average Bonchev–Trinajstić information content (AvgIpc) is 2.45. The zero-order valence-corrected chi connectivity index (χ0v) is 8.26. The van der Waals surface area contributed by atoms with E-state index in [4.69, 9.17) is 16.0 Å². The molecule has 2 rings (SSSR count). The maximum Gasteiger partial charge on any atom is 0.416 e. The first-order chi connectivity index (χ1) is 6.66. The minimum Gasteiger partial charge on any atom is -0.413 e. The molecule has 0 aliphatic rings. The monoisotopic (exact) mass is 209 g/mol. The van der Waals surface area contributed by atoms with Crippen LogP contribution in [-0.2, 0) is 0 Å². The van der Waals surface area contributed by atoms with Crippen molar-refractivity contribution in [3.05, 3.63) is 45.6 Å². The zero-order valence-electron chi connectivity index (χ0n) is 7.50. The number of nitrogens with one attached hydrogen (secondary N) is 1. The van der Waals surface area contributed by atoms with Crippen molar-refractivity contribution in [3.8, 4) is 11.3 Å². The molecule has 0 fully saturated rings. The molecule has 1 N–H and O–H groups in total. The molecule has 0 unspecified atom stereocenters. The summed E-state index contributed by atoms with van der Waals surface area (Å²) >= 11 is 5.83. The number of hydrogen-bond acceptors (Lipinski definition) is 2. The van der Waals surface area contributed by atoms with Crippen molar-refractivity contribution < 1.29 is 4.42 Å². The molecule has 72 valence electrons. The van der Waals surface area contributed by atoms with Crippen LogP contribution in [0, 0.1) is 6.92 Å².